The Bertz CT molecular complexity index is 1490. The van der Waals surface area contributed by atoms with Gasteiger partial charge in [0.15, 0.2) is 0 Å². The maximum absolute atomic E-state index is 10.2. The van der Waals surface area contributed by atoms with E-state index >= 15 is 0 Å². The van der Waals surface area contributed by atoms with Crippen molar-refractivity contribution in [3.05, 3.63) is 69.4 Å². The molecule has 1 aliphatic heterocycles. The molecule has 2 aliphatic rings. The number of aromatic amines is 1. The zero-order valence-electron chi connectivity index (χ0n) is 22.1. The fourth-order valence-electron chi connectivity index (χ4n) is 5.99. The number of hydrogen-bond acceptors (Lipinski definition) is 8. The summed E-state index contributed by atoms with van der Waals surface area (Å²) < 4.78 is 11.4. The van der Waals surface area contributed by atoms with Gasteiger partial charge in [0.1, 0.15) is 11.6 Å². The van der Waals surface area contributed by atoms with E-state index in [9.17, 15) is 10.4 Å². The third kappa shape index (κ3) is 4.23. The Morgan fingerprint density at radius 1 is 1.18 bits per heavy atom. The lowest BCUT2D eigenvalue weighted by atomic mass is 9.61. The summed E-state index contributed by atoms with van der Waals surface area (Å²) in [5.74, 6) is 9.00. The van der Waals surface area contributed by atoms with Crippen LogP contribution in [0.1, 0.15) is 85.2 Å². The van der Waals surface area contributed by atoms with Gasteiger partial charge in [-0.05, 0) is 61.8 Å². The molecular weight excluding hydrogens is 480 g/mol. The maximum Gasteiger partial charge on any atom is 0.244 e. The number of nitrogens with one attached hydrogen (secondary N) is 1. The molecule has 1 unspecified atom stereocenters. The van der Waals surface area contributed by atoms with Crippen molar-refractivity contribution in [3.63, 3.8) is 0 Å². The van der Waals surface area contributed by atoms with Gasteiger partial charge in [-0.3, -0.25) is 5.10 Å². The van der Waals surface area contributed by atoms with Gasteiger partial charge >= 0.3 is 0 Å². The lowest BCUT2D eigenvalue weighted by Crippen LogP contribution is -2.41. The third-order valence-corrected chi connectivity index (χ3v) is 7.80. The first-order valence-corrected chi connectivity index (χ1v) is 13.0. The Morgan fingerprint density at radius 2 is 1.95 bits per heavy atom. The Balaban J connectivity index is 1.52. The topological polar surface area (TPSA) is 147 Å². The number of fused-ring (bicyclic) bond motifs is 1. The predicted molar refractivity (Wildman–Crippen MR) is 139 cm³/mol. The number of rotatable bonds is 4. The van der Waals surface area contributed by atoms with Crippen molar-refractivity contribution in [2.24, 2.45) is 17.6 Å². The minimum atomic E-state index is -0.911. The quantitative estimate of drug-likeness (QED) is 0.440. The van der Waals surface area contributed by atoms with Crippen LogP contribution >= 0.6 is 0 Å². The van der Waals surface area contributed by atoms with Crippen molar-refractivity contribution in [1.82, 2.24) is 20.4 Å². The lowest BCUT2D eigenvalue weighted by molar-refractivity contribution is 0.281. The average molecular weight is 513 g/mol. The molecule has 38 heavy (non-hydrogen) atoms. The van der Waals surface area contributed by atoms with Crippen LogP contribution in [0, 0.1) is 48.9 Å². The van der Waals surface area contributed by atoms with Gasteiger partial charge in [0, 0.05) is 30.0 Å². The van der Waals surface area contributed by atoms with Gasteiger partial charge in [-0.1, -0.05) is 31.8 Å². The van der Waals surface area contributed by atoms with Crippen LogP contribution in [-0.2, 0) is 12.0 Å². The molecule has 1 saturated carbocycles. The van der Waals surface area contributed by atoms with Gasteiger partial charge in [0.25, 0.3) is 0 Å². The standard InChI is InChI=1S/C29H32N6O3/c1-16(2)29(24(14-30)26(31)38-28-25(29)17(3)32-35-28)23-12-20(11-21(13-23)15-36)6-5-19-7-9-22(10-8-19)27-34-33-18(4)37-27/h11-13,16,19,22,36H,7-10,15,31H2,1-4H3,(H,32,35). The summed E-state index contributed by atoms with van der Waals surface area (Å²) in [4.78, 5) is 0. The van der Waals surface area contributed by atoms with Crippen molar-refractivity contribution in [2.75, 3.05) is 0 Å². The van der Waals surface area contributed by atoms with E-state index in [0.717, 1.165) is 54.0 Å². The molecule has 3 heterocycles. The van der Waals surface area contributed by atoms with Crippen LogP contribution in [0.2, 0.25) is 0 Å². The van der Waals surface area contributed by atoms with Crippen LogP contribution in [0.5, 0.6) is 5.88 Å². The third-order valence-electron chi connectivity index (χ3n) is 7.80. The van der Waals surface area contributed by atoms with Gasteiger partial charge in [-0.25, -0.2) is 0 Å². The van der Waals surface area contributed by atoms with E-state index < -0.39 is 5.41 Å². The Labute approximate surface area is 222 Å². The largest absolute Gasteiger partial charge is 0.425 e. The number of aryl methyl sites for hydroxylation is 2. The van der Waals surface area contributed by atoms with Crippen LogP contribution in [0.3, 0.4) is 0 Å². The number of nitriles is 1. The van der Waals surface area contributed by atoms with E-state index in [-0.39, 0.29) is 30.2 Å². The molecule has 2 aromatic heterocycles. The maximum atomic E-state index is 10.2. The zero-order chi connectivity index (χ0) is 27.0. The Kier molecular flexibility index (Phi) is 6.73. The Morgan fingerprint density at radius 3 is 2.58 bits per heavy atom. The first-order valence-electron chi connectivity index (χ1n) is 13.0. The average Bonchev–Trinajstić information content (AvgIpc) is 3.51. The van der Waals surface area contributed by atoms with Crippen LogP contribution in [-0.4, -0.2) is 25.5 Å². The number of ether oxygens (including phenoxy) is 1. The molecular formula is C29H32N6O3. The number of aliphatic hydroxyl groups is 1. The molecule has 1 aliphatic carbocycles. The minimum absolute atomic E-state index is 0.0374. The smallest absolute Gasteiger partial charge is 0.244 e. The molecule has 1 atom stereocenters. The summed E-state index contributed by atoms with van der Waals surface area (Å²) in [5.41, 5.74) is 9.59. The monoisotopic (exact) mass is 512 g/mol. The van der Waals surface area contributed by atoms with Crippen LogP contribution in [0.25, 0.3) is 0 Å². The number of hydrogen-bond donors (Lipinski definition) is 3. The fraction of sp³-hybridized carbons (Fsp3) is 0.448. The van der Waals surface area contributed by atoms with E-state index in [1.54, 1.807) is 0 Å². The molecule has 0 spiro atoms. The molecule has 0 radical (unpaired) electrons. The fourth-order valence-corrected chi connectivity index (χ4v) is 5.99. The van der Waals surface area contributed by atoms with Gasteiger partial charge in [0.05, 0.1) is 17.6 Å². The molecule has 1 aromatic carbocycles. The lowest BCUT2D eigenvalue weighted by Gasteiger charge is -2.41. The normalized spacial score (nSPS) is 22.9. The highest BCUT2D eigenvalue weighted by Gasteiger charge is 2.50. The first-order chi connectivity index (χ1) is 18.3. The Hall–Kier alpha value is -4.08. The number of nitrogens with two attached hydrogens (primary N) is 1. The minimum Gasteiger partial charge on any atom is -0.425 e. The number of aromatic nitrogens is 4. The molecule has 5 rings (SSSR count). The van der Waals surface area contributed by atoms with Crippen LogP contribution < -0.4 is 10.5 Å². The molecule has 4 N–H and O–H groups in total. The van der Waals surface area contributed by atoms with Gasteiger partial charge in [-0.15, -0.1) is 15.3 Å². The second kappa shape index (κ2) is 10.00. The molecule has 9 heteroatoms. The second-order valence-corrected chi connectivity index (χ2v) is 10.5. The van der Waals surface area contributed by atoms with E-state index in [4.69, 9.17) is 14.9 Å². The van der Waals surface area contributed by atoms with Crippen LogP contribution in [0.4, 0.5) is 0 Å². The van der Waals surface area contributed by atoms with Crippen molar-refractivity contribution < 1.29 is 14.3 Å². The number of H-pyrrole nitrogens is 1. The highest BCUT2D eigenvalue weighted by Crippen LogP contribution is 2.52. The van der Waals surface area contributed by atoms with E-state index in [1.165, 1.54) is 0 Å². The van der Waals surface area contributed by atoms with E-state index in [1.807, 2.05) is 45.9 Å². The zero-order valence-corrected chi connectivity index (χ0v) is 22.1. The summed E-state index contributed by atoms with van der Waals surface area (Å²) in [7, 11) is 0. The van der Waals surface area contributed by atoms with Gasteiger partial charge in [0.2, 0.25) is 23.5 Å². The summed E-state index contributed by atoms with van der Waals surface area (Å²) in [6, 6.07) is 8.15. The number of allylic oxidation sites excluding steroid dienone is 1. The molecule has 196 valence electrons. The number of aliphatic hydroxyl groups excluding tert-OH is 1. The summed E-state index contributed by atoms with van der Waals surface area (Å²) in [6.07, 6.45) is 3.82. The van der Waals surface area contributed by atoms with Crippen molar-refractivity contribution >= 4 is 0 Å². The van der Waals surface area contributed by atoms with E-state index in [2.05, 4.69) is 38.3 Å². The summed E-state index contributed by atoms with van der Waals surface area (Å²) in [6.45, 7) is 7.66. The highest BCUT2D eigenvalue weighted by molar-refractivity contribution is 5.63. The van der Waals surface area contributed by atoms with E-state index in [0.29, 0.717) is 22.9 Å². The van der Waals surface area contributed by atoms with Crippen molar-refractivity contribution in [1.29, 1.82) is 5.26 Å². The summed E-state index contributed by atoms with van der Waals surface area (Å²) in [5, 5.41) is 35.8. The summed E-state index contributed by atoms with van der Waals surface area (Å²) >= 11 is 0. The van der Waals surface area contributed by atoms with Crippen molar-refractivity contribution in [3.8, 4) is 23.8 Å². The molecule has 0 amide bonds. The van der Waals surface area contributed by atoms with Gasteiger partial charge in [-0.2, -0.15) is 5.26 Å². The SMILES string of the molecule is Cc1nnc(C2CCC(C#Cc3cc(CO)cc(C4(C(C)C)C(C#N)=C(N)Oc5n[nH]c(C)c54)c3)CC2)o1. The molecule has 0 bridgehead atoms. The molecule has 3 aromatic rings. The predicted octanol–water partition coefficient (Wildman–Crippen LogP) is 4.26. The second-order valence-electron chi connectivity index (χ2n) is 10.5. The first kappa shape index (κ1) is 25.6. The van der Waals surface area contributed by atoms with Crippen LogP contribution in [0.15, 0.2) is 34.1 Å². The molecule has 0 saturated heterocycles. The highest BCUT2D eigenvalue weighted by atomic mass is 16.5. The number of benzene rings is 1. The molecule has 9 nitrogen and oxygen atoms in total. The van der Waals surface area contributed by atoms with Gasteiger partial charge < -0.3 is 20.0 Å². The number of nitrogens with zero attached hydrogens (tertiary/aromatic N) is 4. The van der Waals surface area contributed by atoms with Crippen molar-refractivity contribution in [2.45, 2.75) is 71.3 Å². The molecule has 1 fully saturated rings.